The fourth-order valence-corrected chi connectivity index (χ4v) is 1.40. The minimum Gasteiger partial charge on any atom is -0.504 e. The number of carboxylic acids is 1. The second-order valence-electron chi connectivity index (χ2n) is 3.39. The van der Waals surface area contributed by atoms with E-state index in [0.29, 0.717) is 17.7 Å². The average molecular weight is 239 g/mol. The molecule has 0 spiro atoms. The van der Waals surface area contributed by atoms with Gasteiger partial charge in [-0.15, -0.1) is 0 Å². The van der Waals surface area contributed by atoms with Crippen LogP contribution in [0, 0.1) is 0 Å². The smallest absolute Gasteiger partial charge is 0.326 e. The van der Waals surface area contributed by atoms with Crippen LogP contribution in [0.4, 0.5) is 0 Å². The maximum atomic E-state index is 10.8. The number of carbonyl (C=O) groups excluding carboxylic acids is 1. The highest BCUT2D eigenvalue weighted by Gasteiger charge is 2.17. The number of methoxy groups -OCH3 is 1. The van der Waals surface area contributed by atoms with E-state index >= 15 is 0 Å². The number of carboxylic acid groups (broad SMARTS) is 1. The number of nitrogens with one attached hydrogen (secondary N) is 1. The van der Waals surface area contributed by atoms with Gasteiger partial charge in [0.2, 0.25) is 6.41 Å². The van der Waals surface area contributed by atoms with E-state index in [-0.39, 0.29) is 12.2 Å². The Labute approximate surface area is 97.8 Å². The number of hydrogen-bond acceptors (Lipinski definition) is 4. The van der Waals surface area contributed by atoms with Crippen molar-refractivity contribution >= 4 is 12.4 Å². The van der Waals surface area contributed by atoms with Gasteiger partial charge in [-0.1, -0.05) is 6.07 Å². The molecule has 0 aliphatic carbocycles. The molecular formula is C11H13NO5. The highest BCUT2D eigenvalue weighted by molar-refractivity contribution is 5.76. The number of benzene rings is 1. The fraction of sp³-hybridized carbons (Fsp3) is 0.273. The summed E-state index contributed by atoms with van der Waals surface area (Å²) in [6.07, 6.45) is 0.424. The molecule has 0 bridgehead atoms. The molecule has 0 aliphatic rings. The summed E-state index contributed by atoms with van der Waals surface area (Å²) in [7, 11) is 1.42. The first-order chi connectivity index (χ1) is 8.08. The van der Waals surface area contributed by atoms with Gasteiger partial charge in [0.05, 0.1) is 7.11 Å². The Kier molecular flexibility index (Phi) is 4.33. The lowest BCUT2D eigenvalue weighted by Crippen LogP contribution is -2.37. The molecule has 0 heterocycles. The van der Waals surface area contributed by atoms with Crippen LogP contribution in [0.15, 0.2) is 18.2 Å². The van der Waals surface area contributed by atoms with Crippen molar-refractivity contribution in [3.8, 4) is 11.5 Å². The molecule has 0 fully saturated rings. The summed E-state index contributed by atoms with van der Waals surface area (Å²) in [4.78, 5) is 21.0. The van der Waals surface area contributed by atoms with Gasteiger partial charge in [-0.05, 0) is 17.7 Å². The molecule has 1 rings (SSSR count). The Morgan fingerprint density at radius 3 is 2.76 bits per heavy atom. The van der Waals surface area contributed by atoms with Gasteiger partial charge < -0.3 is 20.3 Å². The minimum absolute atomic E-state index is 0.0692. The monoisotopic (exact) mass is 239 g/mol. The minimum atomic E-state index is -1.13. The fourth-order valence-electron chi connectivity index (χ4n) is 1.40. The van der Waals surface area contributed by atoms with Crippen LogP contribution in [0.1, 0.15) is 5.56 Å². The first-order valence-electron chi connectivity index (χ1n) is 4.87. The Balaban J connectivity index is 2.82. The SMILES string of the molecule is COc1ccc(CC(NC=O)C(=O)O)cc1O. The Bertz CT molecular complexity index is 418. The van der Waals surface area contributed by atoms with Crippen molar-refractivity contribution in [3.63, 3.8) is 0 Å². The molecule has 0 saturated carbocycles. The van der Waals surface area contributed by atoms with E-state index in [9.17, 15) is 14.7 Å². The van der Waals surface area contributed by atoms with Gasteiger partial charge >= 0.3 is 5.97 Å². The van der Waals surface area contributed by atoms with Crippen molar-refractivity contribution in [3.05, 3.63) is 23.8 Å². The number of phenolic OH excluding ortho intramolecular Hbond substituents is 1. The first-order valence-corrected chi connectivity index (χ1v) is 4.87. The molecule has 1 atom stereocenters. The van der Waals surface area contributed by atoms with Crippen LogP contribution in [0.5, 0.6) is 11.5 Å². The van der Waals surface area contributed by atoms with E-state index in [1.165, 1.54) is 19.2 Å². The Hall–Kier alpha value is -2.24. The number of ether oxygens (including phenoxy) is 1. The summed E-state index contributed by atoms with van der Waals surface area (Å²) in [6, 6.07) is 3.55. The van der Waals surface area contributed by atoms with Gasteiger partial charge in [-0.3, -0.25) is 4.79 Å². The quantitative estimate of drug-likeness (QED) is 0.614. The number of amides is 1. The lowest BCUT2D eigenvalue weighted by atomic mass is 10.1. The van der Waals surface area contributed by atoms with Crippen molar-refractivity contribution < 1.29 is 24.5 Å². The van der Waals surface area contributed by atoms with Crippen LogP contribution in [-0.2, 0) is 16.0 Å². The standard InChI is InChI=1S/C11H13NO5/c1-17-10-3-2-7(5-9(10)14)4-8(11(15)16)12-6-13/h2-3,5-6,8,14H,4H2,1H3,(H,12,13)(H,15,16). The molecule has 0 aliphatic heterocycles. The van der Waals surface area contributed by atoms with E-state index in [4.69, 9.17) is 9.84 Å². The lowest BCUT2D eigenvalue weighted by molar-refractivity contribution is -0.140. The maximum absolute atomic E-state index is 10.8. The van der Waals surface area contributed by atoms with E-state index in [1.807, 2.05) is 0 Å². The lowest BCUT2D eigenvalue weighted by Gasteiger charge is -2.12. The van der Waals surface area contributed by atoms with Gasteiger partial charge in [0, 0.05) is 6.42 Å². The molecule has 6 heteroatoms. The average Bonchev–Trinajstić information content (AvgIpc) is 2.28. The molecule has 17 heavy (non-hydrogen) atoms. The van der Waals surface area contributed by atoms with Gasteiger partial charge in [0.25, 0.3) is 0 Å². The zero-order chi connectivity index (χ0) is 12.8. The van der Waals surface area contributed by atoms with Gasteiger partial charge in [0.15, 0.2) is 11.5 Å². The largest absolute Gasteiger partial charge is 0.504 e. The van der Waals surface area contributed by atoms with E-state index < -0.39 is 12.0 Å². The van der Waals surface area contributed by atoms with E-state index in [2.05, 4.69) is 5.32 Å². The van der Waals surface area contributed by atoms with Crippen molar-refractivity contribution in [2.45, 2.75) is 12.5 Å². The van der Waals surface area contributed by atoms with Gasteiger partial charge in [-0.25, -0.2) is 4.79 Å². The van der Waals surface area contributed by atoms with E-state index in [1.54, 1.807) is 6.07 Å². The van der Waals surface area contributed by atoms with Crippen LogP contribution >= 0.6 is 0 Å². The van der Waals surface area contributed by atoms with Gasteiger partial charge in [0.1, 0.15) is 6.04 Å². The third-order valence-electron chi connectivity index (χ3n) is 2.25. The summed E-state index contributed by atoms with van der Waals surface area (Å²) in [5, 5.41) is 20.5. The topological polar surface area (TPSA) is 95.9 Å². The predicted molar refractivity (Wildman–Crippen MR) is 59.0 cm³/mol. The molecule has 0 aromatic heterocycles. The highest BCUT2D eigenvalue weighted by atomic mass is 16.5. The predicted octanol–water partition coefficient (Wildman–Crippen LogP) is 0.143. The number of aliphatic carboxylic acids is 1. The number of hydrogen-bond donors (Lipinski definition) is 3. The van der Waals surface area contributed by atoms with Crippen LogP contribution < -0.4 is 10.1 Å². The summed E-state index contributed by atoms with van der Waals surface area (Å²) in [5.74, 6) is -0.892. The molecule has 0 saturated heterocycles. The molecule has 1 aromatic rings. The zero-order valence-corrected chi connectivity index (χ0v) is 9.21. The van der Waals surface area contributed by atoms with Crippen molar-refractivity contribution in [2.24, 2.45) is 0 Å². The molecule has 3 N–H and O–H groups in total. The summed E-state index contributed by atoms with van der Waals surface area (Å²) in [5.41, 5.74) is 0.588. The van der Waals surface area contributed by atoms with Gasteiger partial charge in [-0.2, -0.15) is 0 Å². The maximum Gasteiger partial charge on any atom is 0.326 e. The second-order valence-corrected chi connectivity index (χ2v) is 3.39. The van der Waals surface area contributed by atoms with Crippen LogP contribution in [0.2, 0.25) is 0 Å². The molecule has 92 valence electrons. The van der Waals surface area contributed by atoms with E-state index in [0.717, 1.165) is 0 Å². The Morgan fingerprint density at radius 2 is 2.29 bits per heavy atom. The normalized spacial score (nSPS) is 11.6. The molecule has 0 radical (unpaired) electrons. The number of phenols is 1. The third kappa shape index (κ3) is 3.37. The summed E-state index contributed by atoms with van der Waals surface area (Å²) >= 11 is 0. The number of aromatic hydroxyl groups is 1. The first kappa shape index (κ1) is 12.8. The van der Waals surface area contributed by atoms with Crippen molar-refractivity contribution in [1.82, 2.24) is 5.32 Å². The third-order valence-corrected chi connectivity index (χ3v) is 2.25. The second kappa shape index (κ2) is 5.74. The number of carbonyl (C=O) groups is 2. The van der Waals surface area contributed by atoms with Crippen molar-refractivity contribution in [2.75, 3.05) is 7.11 Å². The summed E-state index contributed by atoms with van der Waals surface area (Å²) < 4.78 is 4.86. The molecule has 1 amide bonds. The molecule has 1 unspecified atom stereocenters. The van der Waals surface area contributed by atoms with Crippen molar-refractivity contribution in [1.29, 1.82) is 0 Å². The van der Waals surface area contributed by atoms with Crippen LogP contribution in [0.3, 0.4) is 0 Å². The van der Waals surface area contributed by atoms with Crippen LogP contribution in [0.25, 0.3) is 0 Å². The summed E-state index contributed by atoms with van der Waals surface area (Å²) in [6.45, 7) is 0. The number of rotatable bonds is 6. The highest BCUT2D eigenvalue weighted by Crippen LogP contribution is 2.26. The van der Waals surface area contributed by atoms with Crippen LogP contribution in [-0.4, -0.2) is 35.7 Å². The molecular weight excluding hydrogens is 226 g/mol. The zero-order valence-electron chi connectivity index (χ0n) is 9.21. The molecule has 1 aromatic carbocycles. The molecule has 6 nitrogen and oxygen atoms in total. The Morgan fingerprint density at radius 1 is 1.59 bits per heavy atom.